The summed E-state index contributed by atoms with van der Waals surface area (Å²) in [5.74, 6) is -0.958. The zero-order valence-electron chi connectivity index (χ0n) is 16.4. The lowest BCUT2D eigenvalue weighted by atomic mass is 9.76. The van der Waals surface area contributed by atoms with Crippen molar-refractivity contribution in [3.8, 4) is 0 Å². The summed E-state index contributed by atoms with van der Waals surface area (Å²) in [4.78, 5) is 34.4. The first-order chi connectivity index (χ1) is 14.0. The Labute approximate surface area is 173 Å². The van der Waals surface area contributed by atoms with Gasteiger partial charge in [-0.05, 0) is 12.5 Å². The van der Waals surface area contributed by atoms with Crippen LogP contribution in [0.1, 0.15) is 16.1 Å². The van der Waals surface area contributed by atoms with Gasteiger partial charge in [0, 0.05) is 25.2 Å². The van der Waals surface area contributed by atoms with Crippen molar-refractivity contribution in [2.24, 2.45) is 11.8 Å². The topological polar surface area (TPSA) is 62.7 Å². The number of thiazole rings is 1. The highest BCUT2D eigenvalue weighted by atomic mass is 32.1. The van der Waals surface area contributed by atoms with E-state index in [4.69, 9.17) is 4.74 Å². The molecule has 4 heterocycles. The average molecular weight is 410 g/mol. The van der Waals surface area contributed by atoms with Crippen molar-refractivity contribution in [2.45, 2.75) is 31.7 Å². The van der Waals surface area contributed by atoms with Crippen LogP contribution in [-0.4, -0.2) is 51.9 Å². The molecular formula is C22H23N3O3S. The Morgan fingerprint density at radius 1 is 1.45 bits per heavy atom. The minimum absolute atomic E-state index is 0.0133. The molecule has 0 N–H and O–H groups in total. The molecular weight excluding hydrogens is 386 g/mol. The molecule has 2 amide bonds. The van der Waals surface area contributed by atoms with Crippen molar-refractivity contribution >= 4 is 23.2 Å². The second-order valence-corrected chi connectivity index (χ2v) is 9.18. The molecule has 2 aromatic rings. The number of likely N-dealkylation sites (tertiary alicyclic amines) is 1. The fourth-order valence-electron chi connectivity index (χ4n) is 4.89. The van der Waals surface area contributed by atoms with Crippen LogP contribution >= 0.6 is 11.3 Å². The standard InChI is InChI=1S/C22H23N3O3S/c1-14-4-3-5-15(10-14)11-25-13-22-7-6-16(28-22)18(19(22)21(25)27)20(26)24(2)12-17-23-8-9-29-17/h3-10,16,18-19H,11-13H2,1-2H3/t16-,18?,19?,22-/m1/s1. The summed E-state index contributed by atoms with van der Waals surface area (Å²) >= 11 is 1.52. The van der Waals surface area contributed by atoms with E-state index in [0.717, 1.165) is 10.6 Å². The summed E-state index contributed by atoms with van der Waals surface area (Å²) in [6.07, 6.45) is 5.37. The molecule has 29 heavy (non-hydrogen) atoms. The Balaban J connectivity index is 1.37. The number of fused-ring (bicyclic) bond motifs is 1. The lowest BCUT2D eigenvalue weighted by molar-refractivity contribution is -0.142. The molecule has 7 heteroatoms. The SMILES string of the molecule is Cc1cccc(CN2C[C@@]34C=C[C@@H](O3)C(C(=O)N(C)Cc3nccs3)C4C2=O)c1. The van der Waals surface area contributed by atoms with E-state index >= 15 is 0 Å². The second kappa shape index (κ2) is 6.78. The number of ether oxygens (including phenoxy) is 1. The number of amides is 2. The first-order valence-corrected chi connectivity index (χ1v) is 10.7. The maximum absolute atomic E-state index is 13.3. The molecule has 0 radical (unpaired) electrons. The van der Waals surface area contributed by atoms with Gasteiger partial charge in [0.2, 0.25) is 11.8 Å². The molecule has 3 aliphatic rings. The highest BCUT2D eigenvalue weighted by Crippen LogP contribution is 2.52. The molecule has 2 saturated heterocycles. The number of aryl methyl sites for hydroxylation is 1. The number of carbonyl (C=O) groups is 2. The first-order valence-electron chi connectivity index (χ1n) is 9.82. The normalized spacial score (nSPS) is 29.5. The van der Waals surface area contributed by atoms with Gasteiger partial charge in [0.15, 0.2) is 0 Å². The van der Waals surface area contributed by atoms with Crippen LogP contribution in [0.3, 0.4) is 0 Å². The highest BCUT2D eigenvalue weighted by molar-refractivity contribution is 7.09. The molecule has 2 fully saturated rings. The van der Waals surface area contributed by atoms with Gasteiger partial charge in [0.25, 0.3) is 0 Å². The van der Waals surface area contributed by atoms with E-state index in [-0.39, 0.29) is 17.9 Å². The van der Waals surface area contributed by atoms with Gasteiger partial charge in [0.1, 0.15) is 10.6 Å². The van der Waals surface area contributed by atoms with Gasteiger partial charge < -0.3 is 14.5 Å². The van der Waals surface area contributed by atoms with E-state index < -0.39 is 17.4 Å². The van der Waals surface area contributed by atoms with Crippen LogP contribution in [0.2, 0.25) is 0 Å². The molecule has 0 aliphatic carbocycles. The molecule has 150 valence electrons. The fraction of sp³-hybridized carbons (Fsp3) is 0.409. The first kappa shape index (κ1) is 18.5. The van der Waals surface area contributed by atoms with Gasteiger partial charge in [-0.15, -0.1) is 11.3 Å². The lowest BCUT2D eigenvalue weighted by Gasteiger charge is -2.27. The van der Waals surface area contributed by atoms with Crippen LogP contribution < -0.4 is 0 Å². The minimum atomic E-state index is -0.673. The predicted octanol–water partition coefficient (Wildman–Crippen LogP) is 2.39. The number of nitrogens with zero attached hydrogens (tertiary/aromatic N) is 3. The molecule has 5 rings (SSSR count). The second-order valence-electron chi connectivity index (χ2n) is 8.20. The number of aromatic nitrogens is 1. The fourth-order valence-corrected chi connectivity index (χ4v) is 5.56. The van der Waals surface area contributed by atoms with Crippen molar-refractivity contribution in [3.05, 3.63) is 64.1 Å². The van der Waals surface area contributed by atoms with E-state index in [0.29, 0.717) is 19.6 Å². The van der Waals surface area contributed by atoms with Crippen molar-refractivity contribution in [1.82, 2.24) is 14.8 Å². The summed E-state index contributed by atoms with van der Waals surface area (Å²) in [6, 6.07) is 8.18. The smallest absolute Gasteiger partial charge is 0.230 e. The number of rotatable bonds is 5. The van der Waals surface area contributed by atoms with Crippen molar-refractivity contribution < 1.29 is 14.3 Å². The van der Waals surface area contributed by atoms with E-state index in [1.165, 1.54) is 16.9 Å². The van der Waals surface area contributed by atoms with E-state index in [1.54, 1.807) is 18.1 Å². The van der Waals surface area contributed by atoms with Gasteiger partial charge in [-0.2, -0.15) is 0 Å². The quantitative estimate of drug-likeness (QED) is 0.712. The van der Waals surface area contributed by atoms with E-state index in [1.807, 2.05) is 47.6 Å². The van der Waals surface area contributed by atoms with Crippen molar-refractivity contribution in [1.29, 1.82) is 0 Å². The number of carbonyl (C=O) groups excluding carboxylic acids is 2. The van der Waals surface area contributed by atoms with Gasteiger partial charge in [-0.25, -0.2) is 4.98 Å². The summed E-state index contributed by atoms with van der Waals surface area (Å²) in [5.41, 5.74) is 1.59. The third kappa shape index (κ3) is 3.00. The average Bonchev–Trinajstić information content (AvgIpc) is 3.45. The zero-order chi connectivity index (χ0) is 20.2. The maximum Gasteiger partial charge on any atom is 0.230 e. The lowest BCUT2D eigenvalue weighted by Crippen LogP contribution is -2.44. The highest BCUT2D eigenvalue weighted by Gasteiger charge is 2.67. The van der Waals surface area contributed by atoms with E-state index in [2.05, 4.69) is 11.1 Å². The largest absolute Gasteiger partial charge is 0.360 e. The van der Waals surface area contributed by atoms with Crippen LogP contribution in [0.5, 0.6) is 0 Å². The molecule has 2 unspecified atom stereocenters. The Morgan fingerprint density at radius 3 is 3.07 bits per heavy atom. The third-order valence-corrected chi connectivity index (χ3v) is 6.92. The number of hydrogen-bond acceptors (Lipinski definition) is 5. The zero-order valence-corrected chi connectivity index (χ0v) is 17.3. The number of hydrogen-bond donors (Lipinski definition) is 0. The van der Waals surface area contributed by atoms with Crippen molar-refractivity contribution in [3.63, 3.8) is 0 Å². The summed E-state index contributed by atoms with van der Waals surface area (Å²) in [6.45, 7) is 3.53. The summed E-state index contributed by atoms with van der Waals surface area (Å²) in [5, 5.41) is 2.78. The van der Waals surface area contributed by atoms with Crippen LogP contribution in [0.25, 0.3) is 0 Å². The van der Waals surface area contributed by atoms with Crippen LogP contribution in [0, 0.1) is 18.8 Å². The summed E-state index contributed by atoms with van der Waals surface area (Å²) < 4.78 is 6.23. The Morgan fingerprint density at radius 2 is 2.31 bits per heavy atom. The Kier molecular flexibility index (Phi) is 4.33. The molecule has 1 aromatic heterocycles. The molecule has 3 aliphatic heterocycles. The number of benzene rings is 1. The Hall–Kier alpha value is -2.51. The van der Waals surface area contributed by atoms with Crippen LogP contribution in [0.15, 0.2) is 48.0 Å². The van der Waals surface area contributed by atoms with Crippen molar-refractivity contribution in [2.75, 3.05) is 13.6 Å². The van der Waals surface area contributed by atoms with E-state index in [9.17, 15) is 9.59 Å². The molecule has 0 saturated carbocycles. The molecule has 4 atom stereocenters. The molecule has 2 bridgehead atoms. The monoisotopic (exact) mass is 409 g/mol. The van der Waals surface area contributed by atoms with Gasteiger partial charge in [0.05, 0.1) is 31.0 Å². The van der Waals surface area contributed by atoms with Crippen LogP contribution in [0.4, 0.5) is 0 Å². The predicted molar refractivity (Wildman–Crippen MR) is 109 cm³/mol. The molecule has 6 nitrogen and oxygen atoms in total. The maximum atomic E-state index is 13.3. The van der Waals surface area contributed by atoms with Gasteiger partial charge in [-0.1, -0.05) is 42.0 Å². The van der Waals surface area contributed by atoms with Gasteiger partial charge >= 0.3 is 0 Å². The van der Waals surface area contributed by atoms with Gasteiger partial charge in [-0.3, -0.25) is 9.59 Å². The minimum Gasteiger partial charge on any atom is -0.360 e. The molecule has 1 spiro atoms. The van der Waals surface area contributed by atoms with Crippen LogP contribution in [-0.2, 0) is 27.4 Å². The molecule has 1 aromatic carbocycles. The summed E-state index contributed by atoms with van der Waals surface area (Å²) in [7, 11) is 1.77. The third-order valence-electron chi connectivity index (χ3n) is 6.15. The Bertz CT molecular complexity index is 989.